The van der Waals surface area contributed by atoms with Crippen LogP contribution in [0.2, 0.25) is 0 Å². The SMILES string of the molecule is CCCNc1nc(C)nc(-c2cncc(OCC)c2)c1C. The molecule has 5 nitrogen and oxygen atoms in total. The number of pyridine rings is 1. The van der Waals surface area contributed by atoms with E-state index >= 15 is 0 Å². The zero-order valence-electron chi connectivity index (χ0n) is 13.1. The lowest BCUT2D eigenvalue weighted by molar-refractivity contribution is 0.339. The van der Waals surface area contributed by atoms with Crippen LogP contribution in [0, 0.1) is 13.8 Å². The topological polar surface area (TPSA) is 59.9 Å². The maximum absolute atomic E-state index is 5.51. The highest BCUT2D eigenvalue weighted by Crippen LogP contribution is 2.27. The summed E-state index contributed by atoms with van der Waals surface area (Å²) < 4.78 is 5.51. The van der Waals surface area contributed by atoms with Gasteiger partial charge in [0.25, 0.3) is 0 Å². The predicted molar refractivity (Wildman–Crippen MR) is 84.7 cm³/mol. The molecule has 21 heavy (non-hydrogen) atoms. The minimum Gasteiger partial charge on any atom is -0.492 e. The van der Waals surface area contributed by atoms with E-state index < -0.39 is 0 Å². The molecule has 0 atom stereocenters. The molecule has 0 saturated carbocycles. The molecule has 112 valence electrons. The van der Waals surface area contributed by atoms with Gasteiger partial charge in [-0.05, 0) is 33.3 Å². The fourth-order valence-electron chi connectivity index (χ4n) is 2.12. The summed E-state index contributed by atoms with van der Waals surface area (Å²) in [5, 5.41) is 3.35. The van der Waals surface area contributed by atoms with Gasteiger partial charge >= 0.3 is 0 Å². The smallest absolute Gasteiger partial charge is 0.138 e. The molecule has 0 saturated heterocycles. The molecule has 2 rings (SSSR count). The van der Waals surface area contributed by atoms with Crippen LogP contribution in [0.3, 0.4) is 0 Å². The second-order valence-corrected chi connectivity index (χ2v) is 4.86. The molecule has 2 aromatic heterocycles. The van der Waals surface area contributed by atoms with Gasteiger partial charge in [-0.1, -0.05) is 6.92 Å². The second kappa shape index (κ2) is 7.02. The van der Waals surface area contributed by atoms with Gasteiger partial charge in [-0.3, -0.25) is 4.98 Å². The molecule has 0 aliphatic rings. The zero-order valence-corrected chi connectivity index (χ0v) is 13.1. The Morgan fingerprint density at radius 2 is 1.95 bits per heavy atom. The second-order valence-electron chi connectivity index (χ2n) is 4.86. The molecule has 2 heterocycles. The molecule has 0 aromatic carbocycles. The van der Waals surface area contributed by atoms with Crippen LogP contribution in [0.4, 0.5) is 5.82 Å². The molecule has 2 aromatic rings. The monoisotopic (exact) mass is 286 g/mol. The Hall–Kier alpha value is -2.17. The lowest BCUT2D eigenvalue weighted by Crippen LogP contribution is -2.07. The van der Waals surface area contributed by atoms with Crippen molar-refractivity contribution in [1.82, 2.24) is 15.0 Å². The van der Waals surface area contributed by atoms with Gasteiger partial charge in [-0.25, -0.2) is 9.97 Å². The van der Waals surface area contributed by atoms with E-state index in [1.165, 1.54) is 0 Å². The average Bonchev–Trinajstić information content (AvgIpc) is 2.48. The first kappa shape index (κ1) is 15.2. The first-order chi connectivity index (χ1) is 10.2. The summed E-state index contributed by atoms with van der Waals surface area (Å²) >= 11 is 0. The lowest BCUT2D eigenvalue weighted by Gasteiger charge is -2.13. The highest BCUT2D eigenvalue weighted by molar-refractivity contribution is 5.68. The molecule has 1 N–H and O–H groups in total. The van der Waals surface area contributed by atoms with Crippen molar-refractivity contribution in [3.05, 3.63) is 29.8 Å². The van der Waals surface area contributed by atoms with E-state index in [-0.39, 0.29) is 0 Å². The van der Waals surface area contributed by atoms with E-state index in [1.54, 1.807) is 12.4 Å². The maximum atomic E-state index is 5.51. The normalized spacial score (nSPS) is 10.5. The van der Waals surface area contributed by atoms with E-state index in [0.717, 1.165) is 47.2 Å². The molecular weight excluding hydrogens is 264 g/mol. The number of hydrogen-bond donors (Lipinski definition) is 1. The number of aromatic nitrogens is 3. The van der Waals surface area contributed by atoms with Crippen molar-refractivity contribution in [2.75, 3.05) is 18.5 Å². The number of aryl methyl sites for hydroxylation is 1. The van der Waals surface area contributed by atoms with Crippen LogP contribution in [0.5, 0.6) is 5.75 Å². The number of hydrogen-bond acceptors (Lipinski definition) is 5. The highest BCUT2D eigenvalue weighted by Gasteiger charge is 2.12. The summed E-state index contributed by atoms with van der Waals surface area (Å²) in [4.78, 5) is 13.3. The number of nitrogens with zero attached hydrogens (tertiary/aromatic N) is 3. The van der Waals surface area contributed by atoms with Crippen molar-refractivity contribution in [2.45, 2.75) is 34.1 Å². The average molecular weight is 286 g/mol. The van der Waals surface area contributed by atoms with Gasteiger partial charge in [0.2, 0.25) is 0 Å². The van der Waals surface area contributed by atoms with Crippen molar-refractivity contribution in [1.29, 1.82) is 0 Å². The zero-order chi connectivity index (χ0) is 15.2. The van der Waals surface area contributed by atoms with Crippen LogP contribution in [0.25, 0.3) is 11.3 Å². The maximum Gasteiger partial charge on any atom is 0.138 e. The number of ether oxygens (including phenoxy) is 1. The minimum atomic E-state index is 0.621. The van der Waals surface area contributed by atoms with Crippen LogP contribution in [0.15, 0.2) is 18.5 Å². The molecule has 0 unspecified atom stereocenters. The Labute approximate surface area is 125 Å². The molecule has 0 aliphatic heterocycles. The van der Waals surface area contributed by atoms with E-state index in [1.807, 2.05) is 26.8 Å². The van der Waals surface area contributed by atoms with E-state index in [0.29, 0.717) is 6.61 Å². The van der Waals surface area contributed by atoms with Crippen molar-refractivity contribution in [3.63, 3.8) is 0 Å². The Balaban J connectivity index is 2.43. The minimum absolute atomic E-state index is 0.621. The number of anilines is 1. The summed E-state index contributed by atoms with van der Waals surface area (Å²) in [7, 11) is 0. The number of rotatable bonds is 6. The third kappa shape index (κ3) is 3.68. The Kier molecular flexibility index (Phi) is 5.09. The van der Waals surface area contributed by atoms with Crippen molar-refractivity contribution in [2.24, 2.45) is 0 Å². The van der Waals surface area contributed by atoms with Crippen molar-refractivity contribution < 1.29 is 4.74 Å². The molecular formula is C16H22N4O. The molecule has 0 bridgehead atoms. The molecule has 5 heteroatoms. The van der Waals surface area contributed by atoms with Crippen LogP contribution in [-0.4, -0.2) is 28.1 Å². The van der Waals surface area contributed by atoms with E-state index in [4.69, 9.17) is 4.74 Å². The fraction of sp³-hybridized carbons (Fsp3) is 0.438. The lowest BCUT2D eigenvalue weighted by atomic mass is 10.1. The van der Waals surface area contributed by atoms with E-state index in [9.17, 15) is 0 Å². The van der Waals surface area contributed by atoms with Gasteiger partial charge in [0.15, 0.2) is 0 Å². The Morgan fingerprint density at radius 3 is 2.67 bits per heavy atom. The third-order valence-electron chi connectivity index (χ3n) is 3.10. The Morgan fingerprint density at radius 1 is 1.14 bits per heavy atom. The standard InChI is InChI=1S/C16H22N4O/c1-5-7-18-16-11(3)15(19-12(4)20-16)13-8-14(21-6-2)10-17-9-13/h8-10H,5-7H2,1-4H3,(H,18,19,20). The van der Waals surface area contributed by atoms with Crippen LogP contribution in [-0.2, 0) is 0 Å². The van der Waals surface area contributed by atoms with Crippen LogP contribution in [0.1, 0.15) is 31.7 Å². The Bertz CT molecular complexity index is 613. The van der Waals surface area contributed by atoms with E-state index in [2.05, 4.69) is 27.2 Å². The highest BCUT2D eigenvalue weighted by atomic mass is 16.5. The largest absolute Gasteiger partial charge is 0.492 e. The third-order valence-corrected chi connectivity index (χ3v) is 3.10. The van der Waals surface area contributed by atoms with Gasteiger partial charge < -0.3 is 10.1 Å². The quantitative estimate of drug-likeness (QED) is 0.882. The van der Waals surface area contributed by atoms with Gasteiger partial charge in [0.05, 0.1) is 18.5 Å². The van der Waals surface area contributed by atoms with Crippen LogP contribution < -0.4 is 10.1 Å². The van der Waals surface area contributed by atoms with Crippen LogP contribution >= 0.6 is 0 Å². The molecule has 0 amide bonds. The first-order valence-corrected chi connectivity index (χ1v) is 7.33. The van der Waals surface area contributed by atoms with Gasteiger partial charge in [-0.2, -0.15) is 0 Å². The molecule has 0 aliphatic carbocycles. The number of nitrogens with one attached hydrogen (secondary N) is 1. The fourth-order valence-corrected chi connectivity index (χ4v) is 2.12. The van der Waals surface area contributed by atoms with Gasteiger partial charge in [0.1, 0.15) is 17.4 Å². The summed E-state index contributed by atoms with van der Waals surface area (Å²) in [5.74, 6) is 2.39. The predicted octanol–water partition coefficient (Wildman–Crippen LogP) is 3.38. The van der Waals surface area contributed by atoms with Gasteiger partial charge in [-0.15, -0.1) is 0 Å². The summed E-state index contributed by atoms with van der Waals surface area (Å²) in [6.45, 7) is 9.54. The molecule has 0 fully saturated rings. The first-order valence-electron chi connectivity index (χ1n) is 7.33. The molecule has 0 spiro atoms. The van der Waals surface area contributed by atoms with Crippen molar-refractivity contribution >= 4 is 5.82 Å². The van der Waals surface area contributed by atoms with Gasteiger partial charge in [0, 0.05) is 23.9 Å². The summed E-state index contributed by atoms with van der Waals surface area (Å²) in [6, 6.07) is 1.97. The van der Waals surface area contributed by atoms with Crippen molar-refractivity contribution in [3.8, 4) is 17.0 Å². The summed E-state index contributed by atoms with van der Waals surface area (Å²) in [5.41, 5.74) is 2.88. The molecule has 0 radical (unpaired) electrons. The summed E-state index contributed by atoms with van der Waals surface area (Å²) in [6.07, 6.45) is 4.58.